The summed E-state index contributed by atoms with van der Waals surface area (Å²) >= 11 is 0. The standard InChI is InChI=1S/C15H16F6N2O2/c16-14(17,18)13(15(19,20)21,7-1-3-11(24)9(22)5-7)8-2-4-12(25)10(23)6-8/h1-4,9-10,24-25H,5-6,22-23H2. The van der Waals surface area contributed by atoms with Crippen LogP contribution in [0.3, 0.4) is 0 Å². The van der Waals surface area contributed by atoms with Crippen molar-refractivity contribution in [1.82, 2.24) is 0 Å². The lowest BCUT2D eigenvalue weighted by Crippen LogP contribution is -2.55. The van der Waals surface area contributed by atoms with Crippen molar-refractivity contribution in [2.75, 3.05) is 0 Å². The summed E-state index contributed by atoms with van der Waals surface area (Å²) in [7, 11) is 0. The monoisotopic (exact) mass is 370 g/mol. The Bertz CT molecular complexity index is 614. The lowest BCUT2D eigenvalue weighted by atomic mass is 9.66. The van der Waals surface area contributed by atoms with Crippen molar-refractivity contribution in [3.8, 4) is 0 Å². The molecule has 140 valence electrons. The molecule has 0 aliphatic heterocycles. The van der Waals surface area contributed by atoms with E-state index in [4.69, 9.17) is 11.5 Å². The fraction of sp³-hybridized carbons (Fsp3) is 0.467. The van der Waals surface area contributed by atoms with Gasteiger partial charge in [-0.15, -0.1) is 0 Å². The first-order valence-electron chi connectivity index (χ1n) is 7.17. The van der Waals surface area contributed by atoms with Gasteiger partial charge in [0.25, 0.3) is 0 Å². The molecule has 0 heterocycles. The van der Waals surface area contributed by atoms with E-state index in [-0.39, 0.29) is 0 Å². The van der Waals surface area contributed by atoms with E-state index in [1.807, 2.05) is 0 Å². The van der Waals surface area contributed by atoms with Crippen LogP contribution in [0.4, 0.5) is 26.3 Å². The summed E-state index contributed by atoms with van der Waals surface area (Å²) in [5.74, 6) is -1.01. The maximum absolute atomic E-state index is 13.8. The number of rotatable bonds is 2. The van der Waals surface area contributed by atoms with Crippen LogP contribution in [-0.4, -0.2) is 34.6 Å². The molecular formula is C15H16F6N2O2. The fourth-order valence-corrected chi connectivity index (χ4v) is 3.09. The van der Waals surface area contributed by atoms with Gasteiger partial charge < -0.3 is 21.7 Å². The summed E-state index contributed by atoms with van der Waals surface area (Å²) in [6.07, 6.45) is -10.5. The Balaban J connectivity index is 2.77. The van der Waals surface area contributed by atoms with E-state index in [0.29, 0.717) is 12.2 Å². The molecule has 0 saturated heterocycles. The molecule has 2 rings (SSSR count). The van der Waals surface area contributed by atoms with Gasteiger partial charge in [0.15, 0.2) is 0 Å². The molecule has 25 heavy (non-hydrogen) atoms. The molecule has 2 aliphatic rings. The van der Waals surface area contributed by atoms with Gasteiger partial charge in [0, 0.05) is 0 Å². The zero-order valence-electron chi connectivity index (χ0n) is 12.7. The SMILES string of the molecule is NC1CC(C(C2=CC=C(O)C(N)C2)(C(F)(F)F)C(F)(F)F)=CC=C1O. The zero-order valence-corrected chi connectivity index (χ0v) is 12.7. The molecule has 0 amide bonds. The van der Waals surface area contributed by atoms with Crippen LogP contribution in [0, 0.1) is 5.41 Å². The highest BCUT2D eigenvalue weighted by Crippen LogP contribution is 2.61. The van der Waals surface area contributed by atoms with Crippen molar-refractivity contribution < 1.29 is 36.6 Å². The Morgan fingerprint density at radius 1 is 0.720 bits per heavy atom. The van der Waals surface area contributed by atoms with Crippen molar-refractivity contribution in [3.05, 3.63) is 47.0 Å². The number of allylic oxidation sites excluding steroid dienone is 4. The van der Waals surface area contributed by atoms with E-state index in [9.17, 15) is 36.6 Å². The van der Waals surface area contributed by atoms with Gasteiger partial charge in [-0.3, -0.25) is 0 Å². The highest BCUT2D eigenvalue weighted by molar-refractivity contribution is 5.44. The third kappa shape index (κ3) is 3.04. The summed E-state index contributed by atoms with van der Waals surface area (Å²) in [5.41, 5.74) is 4.51. The summed E-state index contributed by atoms with van der Waals surface area (Å²) in [6.45, 7) is 0. The third-order valence-corrected chi connectivity index (χ3v) is 4.36. The maximum atomic E-state index is 13.8. The minimum absolute atomic E-state index is 0.506. The number of alkyl halides is 6. The minimum atomic E-state index is -5.73. The number of aliphatic hydroxyl groups is 2. The molecule has 0 aromatic heterocycles. The van der Waals surface area contributed by atoms with Crippen LogP contribution in [0.2, 0.25) is 0 Å². The third-order valence-electron chi connectivity index (χ3n) is 4.36. The Kier molecular flexibility index (Phi) is 4.73. The van der Waals surface area contributed by atoms with Crippen LogP contribution in [0.1, 0.15) is 12.8 Å². The Morgan fingerprint density at radius 3 is 1.28 bits per heavy atom. The van der Waals surface area contributed by atoms with Crippen LogP contribution in [0.5, 0.6) is 0 Å². The van der Waals surface area contributed by atoms with E-state index < -0.39 is 65.4 Å². The van der Waals surface area contributed by atoms with Gasteiger partial charge in [-0.05, 0) is 36.1 Å². The van der Waals surface area contributed by atoms with Gasteiger partial charge in [0.1, 0.15) is 11.5 Å². The number of aliphatic hydroxyl groups excluding tert-OH is 2. The summed E-state index contributed by atoms with van der Waals surface area (Å²) < 4.78 is 83.0. The second-order valence-corrected chi connectivity index (χ2v) is 5.93. The molecular weight excluding hydrogens is 354 g/mol. The molecule has 2 unspecified atom stereocenters. The van der Waals surface area contributed by atoms with E-state index >= 15 is 0 Å². The molecule has 6 N–H and O–H groups in total. The van der Waals surface area contributed by atoms with Crippen molar-refractivity contribution in [2.24, 2.45) is 16.9 Å². The molecule has 0 aromatic carbocycles. The van der Waals surface area contributed by atoms with Crippen LogP contribution >= 0.6 is 0 Å². The smallest absolute Gasteiger partial charge is 0.410 e. The average molecular weight is 370 g/mol. The molecule has 0 aromatic rings. The van der Waals surface area contributed by atoms with Crippen LogP contribution in [0.25, 0.3) is 0 Å². The molecule has 0 spiro atoms. The largest absolute Gasteiger partial charge is 0.511 e. The van der Waals surface area contributed by atoms with E-state index in [1.54, 1.807) is 0 Å². The second-order valence-electron chi connectivity index (χ2n) is 5.93. The molecule has 0 fully saturated rings. The quantitative estimate of drug-likeness (QED) is 0.561. The molecule has 0 bridgehead atoms. The Labute approximate surface area is 138 Å². The molecule has 4 nitrogen and oxygen atoms in total. The number of nitrogens with two attached hydrogens (primary N) is 2. The van der Waals surface area contributed by atoms with E-state index in [1.165, 1.54) is 0 Å². The summed E-state index contributed by atoms with van der Waals surface area (Å²) in [4.78, 5) is 0. The van der Waals surface area contributed by atoms with E-state index in [2.05, 4.69) is 0 Å². The Hall–Kier alpha value is -1.94. The lowest BCUT2D eigenvalue weighted by Gasteiger charge is -2.43. The first-order valence-corrected chi connectivity index (χ1v) is 7.17. The van der Waals surface area contributed by atoms with Crippen LogP contribution < -0.4 is 11.5 Å². The topological polar surface area (TPSA) is 92.5 Å². The molecule has 0 radical (unpaired) electrons. The summed E-state index contributed by atoms with van der Waals surface area (Å²) in [6, 6.07) is -2.77. The molecule has 2 aliphatic carbocycles. The summed E-state index contributed by atoms with van der Waals surface area (Å²) in [5, 5.41) is 18.8. The predicted molar refractivity (Wildman–Crippen MR) is 77.3 cm³/mol. The fourth-order valence-electron chi connectivity index (χ4n) is 3.09. The van der Waals surface area contributed by atoms with Gasteiger partial charge in [0.2, 0.25) is 5.41 Å². The average Bonchev–Trinajstić information content (AvgIpc) is 2.44. The normalized spacial score (nSPS) is 25.8. The van der Waals surface area contributed by atoms with E-state index in [0.717, 1.165) is 12.2 Å². The highest BCUT2D eigenvalue weighted by Gasteiger charge is 2.74. The van der Waals surface area contributed by atoms with Gasteiger partial charge >= 0.3 is 12.4 Å². The van der Waals surface area contributed by atoms with Crippen LogP contribution in [-0.2, 0) is 0 Å². The lowest BCUT2D eigenvalue weighted by molar-refractivity contribution is -0.312. The maximum Gasteiger partial charge on any atom is 0.410 e. The van der Waals surface area contributed by atoms with Crippen LogP contribution in [0.15, 0.2) is 47.0 Å². The van der Waals surface area contributed by atoms with Gasteiger partial charge in [-0.1, -0.05) is 12.2 Å². The minimum Gasteiger partial charge on any atom is -0.511 e. The van der Waals surface area contributed by atoms with Crippen molar-refractivity contribution >= 4 is 0 Å². The van der Waals surface area contributed by atoms with Gasteiger partial charge in [-0.2, -0.15) is 26.3 Å². The van der Waals surface area contributed by atoms with Gasteiger partial charge in [-0.25, -0.2) is 0 Å². The van der Waals surface area contributed by atoms with Crippen molar-refractivity contribution in [1.29, 1.82) is 0 Å². The Morgan fingerprint density at radius 2 is 1.04 bits per heavy atom. The highest BCUT2D eigenvalue weighted by atomic mass is 19.4. The second kappa shape index (κ2) is 6.10. The van der Waals surface area contributed by atoms with Crippen molar-refractivity contribution in [2.45, 2.75) is 37.3 Å². The molecule has 10 heteroatoms. The number of hydrogen-bond donors (Lipinski definition) is 4. The molecule has 0 saturated carbocycles. The number of hydrogen-bond acceptors (Lipinski definition) is 4. The molecule has 2 atom stereocenters. The van der Waals surface area contributed by atoms with Gasteiger partial charge in [0.05, 0.1) is 12.1 Å². The first-order chi connectivity index (χ1) is 11.3. The van der Waals surface area contributed by atoms with Crippen molar-refractivity contribution in [3.63, 3.8) is 0 Å². The first kappa shape index (κ1) is 19.4. The zero-order chi connectivity index (χ0) is 19.2. The number of halogens is 6. The predicted octanol–water partition coefficient (Wildman–Crippen LogP) is 3.30.